The van der Waals surface area contributed by atoms with Crippen molar-refractivity contribution < 1.29 is 23.0 Å². The standard InChI is InChI=1S/C18H27F2N3O3.HI/c1-21-17(23-12-18(6-7-18)8-9-24-2)22-11-13-10-14(25-3)4-5-15(13)26-16(19)20;/h4-5,10,16H,6-9,11-12H2,1-3H3,(H2,21,22,23);1H. The highest BCUT2D eigenvalue weighted by molar-refractivity contribution is 14.0. The van der Waals surface area contributed by atoms with Crippen LogP contribution in [0.3, 0.4) is 0 Å². The van der Waals surface area contributed by atoms with Crippen LogP contribution in [-0.4, -0.2) is 47.0 Å². The number of ether oxygens (including phenoxy) is 3. The predicted molar refractivity (Wildman–Crippen MR) is 111 cm³/mol. The Bertz CT molecular complexity index is 614. The Labute approximate surface area is 176 Å². The summed E-state index contributed by atoms with van der Waals surface area (Å²) in [4.78, 5) is 4.19. The summed E-state index contributed by atoms with van der Waals surface area (Å²) in [5, 5.41) is 6.44. The minimum absolute atomic E-state index is 0. The van der Waals surface area contributed by atoms with Gasteiger partial charge in [0.05, 0.1) is 7.11 Å². The van der Waals surface area contributed by atoms with Crippen molar-refractivity contribution >= 4 is 29.9 Å². The summed E-state index contributed by atoms with van der Waals surface area (Å²) in [6.07, 6.45) is 3.35. The molecule has 0 unspecified atom stereocenters. The summed E-state index contributed by atoms with van der Waals surface area (Å²) < 4.78 is 40.1. The number of benzene rings is 1. The lowest BCUT2D eigenvalue weighted by atomic mass is 10.0. The zero-order chi connectivity index (χ0) is 19.0. The first-order valence-electron chi connectivity index (χ1n) is 8.57. The van der Waals surface area contributed by atoms with Crippen molar-refractivity contribution in [1.29, 1.82) is 0 Å². The lowest BCUT2D eigenvalue weighted by Crippen LogP contribution is -2.40. The Kier molecular flexibility index (Phi) is 10.1. The molecule has 0 atom stereocenters. The molecule has 2 rings (SSSR count). The normalized spacial score (nSPS) is 15.1. The molecule has 1 aliphatic carbocycles. The molecule has 0 spiro atoms. The first-order valence-corrected chi connectivity index (χ1v) is 8.57. The Balaban J connectivity index is 0.00000364. The van der Waals surface area contributed by atoms with Crippen molar-refractivity contribution in [2.75, 3.05) is 34.4 Å². The smallest absolute Gasteiger partial charge is 0.387 e. The number of guanidine groups is 1. The summed E-state index contributed by atoms with van der Waals surface area (Å²) in [7, 11) is 4.90. The second kappa shape index (κ2) is 11.5. The van der Waals surface area contributed by atoms with Crippen LogP contribution in [0.1, 0.15) is 24.8 Å². The van der Waals surface area contributed by atoms with Crippen LogP contribution in [0.15, 0.2) is 23.2 Å². The number of nitrogens with zero attached hydrogens (tertiary/aromatic N) is 1. The van der Waals surface area contributed by atoms with Crippen LogP contribution in [0.25, 0.3) is 0 Å². The van der Waals surface area contributed by atoms with E-state index >= 15 is 0 Å². The quantitative estimate of drug-likeness (QED) is 0.294. The molecule has 0 aromatic heterocycles. The first-order chi connectivity index (χ1) is 12.5. The van der Waals surface area contributed by atoms with E-state index in [-0.39, 0.29) is 41.7 Å². The van der Waals surface area contributed by atoms with Gasteiger partial charge in [-0.25, -0.2) is 0 Å². The van der Waals surface area contributed by atoms with E-state index in [9.17, 15) is 8.78 Å². The Morgan fingerprint density at radius 3 is 2.56 bits per heavy atom. The van der Waals surface area contributed by atoms with E-state index in [1.165, 1.54) is 26.0 Å². The number of alkyl halides is 2. The van der Waals surface area contributed by atoms with Crippen molar-refractivity contribution in [3.63, 3.8) is 0 Å². The van der Waals surface area contributed by atoms with E-state index < -0.39 is 6.61 Å². The fourth-order valence-corrected chi connectivity index (χ4v) is 2.71. The van der Waals surface area contributed by atoms with Crippen molar-refractivity contribution in [2.45, 2.75) is 32.4 Å². The molecule has 1 aromatic carbocycles. The molecule has 1 aliphatic rings. The maximum absolute atomic E-state index is 12.6. The van der Waals surface area contributed by atoms with Gasteiger partial charge in [0.1, 0.15) is 11.5 Å². The van der Waals surface area contributed by atoms with E-state index in [1.54, 1.807) is 26.3 Å². The second-order valence-electron chi connectivity index (χ2n) is 6.37. The molecular weight excluding hydrogens is 471 g/mol. The SMILES string of the molecule is CN=C(NCc1cc(OC)ccc1OC(F)F)NCC1(CCOC)CC1.I. The molecule has 154 valence electrons. The lowest BCUT2D eigenvalue weighted by molar-refractivity contribution is -0.0505. The van der Waals surface area contributed by atoms with Crippen LogP contribution in [0.2, 0.25) is 0 Å². The van der Waals surface area contributed by atoms with Gasteiger partial charge in [0.15, 0.2) is 5.96 Å². The van der Waals surface area contributed by atoms with E-state index in [1.807, 2.05) is 0 Å². The van der Waals surface area contributed by atoms with Gasteiger partial charge in [-0.05, 0) is 42.9 Å². The van der Waals surface area contributed by atoms with E-state index in [4.69, 9.17) is 9.47 Å². The van der Waals surface area contributed by atoms with Crippen LogP contribution in [0.4, 0.5) is 8.78 Å². The molecule has 2 N–H and O–H groups in total. The minimum Gasteiger partial charge on any atom is -0.497 e. The van der Waals surface area contributed by atoms with Crippen LogP contribution in [0.5, 0.6) is 11.5 Å². The average molecular weight is 499 g/mol. The molecule has 1 saturated carbocycles. The minimum atomic E-state index is -2.88. The topological polar surface area (TPSA) is 64.1 Å². The number of nitrogens with one attached hydrogen (secondary N) is 2. The van der Waals surface area contributed by atoms with Crippen molar-refractivity contribution in [2.24, 2.45) is 10.4 Å². The van der Waals surface area contributed by atoms with Gasteiger partial charge in [-0.2, -0.15) is 8.78 Å². The summed E-state index contributed by atoms with van der Waals surface area (Å²) in [6.45, 7) is -1.06. The number of methoxy groups -OCH3 is 2. The zero-order valence-electron chi connectivity index (χ0n) is 15.9. The number of aliphatic imine (C=N–C) groups is 1. The highest BCUT2D eigenvalue weighted by atomic mass is 127. The van der Waals surface area contributed by atoms with Gasteiger partial charge in [-0.15, -0.1) is 24.0 Å². The fourth-order valence-electron chi connectivity index (χ4n) is 2.71. The summed E-state index contributed by atoms with van der Waals surface area (Å²) in [5.41, 5.74) is 0.834. The lowest BCUT2D eigenvalue weighted by Gasteiger charge is -2.19. The van der Waals surface area contributed by atoms with E-state index in [2.05, 4.69) is 20.4 Å². The summed E-state index contributed by atoms with van der Waals surface area (Å²) in [5.74, 6) is 1.30. The van der Waals surface area contributed by atoms with Gasteiger partial charge in [-0.3, -0.25) is 4.99 Å². The maximum Gasteiger partial charge on any atom is 0.387 e. The Morgan fingerprint density at radius 1 is 1.26 bits per heavy atom. The van der Waals surface area contributed by atoms with Crippen LogP contribution < -0.4 is 20.1 Å². The predicted octanol–water partition coefficient (Wildman–Crippen LogP) is 3.40. The van der Waals surface area contributed by atoms with Gasteiger partial charge in [0, 0.05) is 39.4 Å². The number of halogens is 3. The Morgan fingerprint density at radius 2 is 2.00 bits per heavy atom. The van der Waals surface area contributed by atoms with Crippen LogP contribution in [-0.2, 0) is 11.3 Å². The molecule has 6 nitrogen and oxygen atoms in total. The third-order valence-electron chi connectivity index (χ3n) is 4.58. The van der Waals surface area contributed by atoms with Crippen LogP contribution in [0, 0.1) is 5.41 Å². The molecule has 27 heavy (non-hydrogen) atoms. The number of rotatable bonds is 10. The Hall–Kier alpha value is -1.36. The van der Waals surface area contributed by atoms with Crippen molar-refractivity contribution in [3.05, 3.63) is 23.8 Å². The van der Waals surface area contributed by atoms with Gasteiger partial charge in [0.25, 0.3) is 0 Å². The highest BCUT2D eigenvalue weighted by Gasteiger charge is 2.41. The molecule has 9 heteroatoms. The largest absolute Gasteiger partial charge is 0.497 e. The van der Waals surface area contributed by atoms with Gasteiger partial charge in [-0.1, -0.05) is 0 Å². The van der Waals surface area contributed by atoms with Crippen molar-refractivity contribution in [3.8, 4) is 11.5 Å². The molecule has 0 radical (unpaired) electrons. The van der Waals surface area contributed by atoms with Gasteiger partial charge < -0.3 is 24.8 Å². The summed E-state index contributed by atoms with van der Waals surface area (Å²) in [6, 6.07) is 4.72. The maximum atomic E-state index is 12.6. The molecule has 0 saturated heterocycles. The molecule has 1 fully saturated rings. The molecular formula is C18H28F2IN3O3. The second-order valence-corrected chi connectivity index (χ2v) is 6.37. The average Bonchev–Trinajstić information content (AvgIpc) is 3.41. The third-order valence-corrected chi connectivity index (χ3v) is 4.58. The molecule has 1 aromatic rings. The van der Waals surface area contributed by atoms with E-state index in [0.717, 1.165) is 19.6 Å². The zero-order valence-corrected chi connectivity index (χ0v) is 18.2. The molecule has 0 aliphatic heterocycles. The van der Waals surface area contributed by atoms with Crippen LogP contribution >= 0.6 is 24.0 Å². The monoisotopic (exact) mass is 499 g/mol. The van der Waals surface area contributed by atoms with E-state index in [0.29, 0.717) is 17.3 Å². The third kappa shape index (κ3) is 7.65. The number of hydrogen-bond acceptors (Lipinski definition) is 4. The van der Waals surface area contributed by atoms with Gasteiger partial charge in [0.2, 0.25) is 0 Å². The van der Waals surface area contributed by atoms with Gasteiger partial charge >= 0.3 is 6.61 Å². The first kappa shape index (κ1) is 23.7. The molecule has 0 bridgehead atoms. The number of hydrogen-bond donors (Lipinski definition) is 2. The molecule has 0 amide bonds. The summed E-state index contributed by atoms with van der Waals surface area (Å²) >= 11 is 0. The molecule has 0 heterocycles. The highest BCUT2D eigenvalue weighted by Crippen LogP contribution is 2.48. The van der Waals surface area contributed by atoms with Crippen molar-refractivity contribution in [1.82, 2.24) is 10.6 Å². The fraction of sp³-hybridized carbons (Fsp3) is 0.611.